The van der Waals surface area contributed by atoms with Gasteiger partial charge in [-0.2, -0.15) is 4.98 Å². The van der Waals surface area contributed by atoms with Gasteiger partial charge in [0.25, 0.3) is 0 Å². The van der Waals surface area contributed by atoms with Gasteiger partial charge in [0.05, 0.1) is 9.80 Å². The zero-order valence-electron chi connectivity index (χ0n) is 8.90. The molecule has 13 heavy (non-hydrogen) atoms. The van der Waals surface area contributed by atoms with Crippen molar-refractivity contribution in [2.24, 2.45) is 0 Å². The quantitative estimate of drug-likeness (QED) is 0.721. The molecule has 3 heteroatoms. The van der Waals surface area contributed by atoms with Gasteiger partial charge in [-0.3, -0.25) is 0 Å². The zero-order valence-corrected chi connectivity index (χ0v) is 6.90. The Hall–Kier alpha value is -1.77. The van der Waals surface area contributed by atoms with Crippen LogP contribution in [0.3, 0.4) is 0 Å². The highest BCUT2D eigenvalue weighted by Gasteiger charge is 2.01. The van der Waals surface area contributed by atoms with Crippen LogP contribution in [0, 0.1) is 0 Å². The SMILES string of the molecule is [2H]C([2H])Oc1cc2ccccc2c(N)n1. The first-order valence-electron chi connectivity index (χ1n) is 4.99. The van der Waals surface area contributed by atoms with E-state index in [9.17, 15) is 0 Å². The van der Waals surface area contributed by atoms with E-state index in [0.29, 0.717) is 5.82 Å². The van der Waals surface area contributed by atoms with Crippen LogP contribution in [0.15, 0.2) is 30.3 Å². The Kier molecular flexibility index (Phi) is 1.31. The maximum absolute atomic E-state index is 6.96. The van der Waals surface area contributed by atoms with Crippen LogP contribution in [0.4, 0.5) is 5.82 Å². The smallest absolute Gasteiger partial charge is 0.215 e. The summed E-state index contributed by atoms with van der Waals surface area (Å²) in [6.45, 7) is 0. The third kappa shape index (κ3) is 1.28. The highest BCUT2D eigenvalue weighted by atomic mass is 16.5. The maximum Gasteiger partial charge on any atom is 0.215 e. The number of hydrogen-bond donors (Lipinski definition) is 1. The molecule has 0 saturated carbocycles. The molecule has 0 bridgehead atoms. The minimum atomic E-state index is -1.39. The van der Waals surface area contributed by atoms with Crippen molar-refractivity contribution < 1.29 is 7.48 Å². The van der Waals surface area contributed by atoms with E-state index in [1.807, 2.05) is 24.3 Å². The molecule has 0 aliphatic rings. The van der Waals surface area contributed by atoms with E-state index >= 15 is 0 Å². The fourth-order valence-electron chi connectivity index (χ4n) is 1.26. The summed E-state index contributed by atoms with van der Waals surface area (Å²) in [6, 6.07) is 9.16. The van der Waals surface area contributed by atoms with Crippen molar-refractivity contribution in [3.8, 4) is 5.88 Å². The van der Waals surface area contributed by atoms with E-state index in [0.717, 1.165) is 10.8 Å². The molecule has 0 aliphatic carbocycles. The van der Waals surface area contributed by atoms with Crippen molar-refractivity contribution >= 4 is 16.6 Å². The number of rotatable bonds is 1. The van der Waals surface area contributed by atoms with Crippen molar-refractivity contribution in [1.29, 1.82) is 0 Å². The second kappa shape index (κ2) is 2.94. The molecule has 3 nitrogen and oxygen atoms in total. The molecule has 1 heterocycles. The Balaban J connectivity index is 2.52. The molecule has 1 aromatic carbocycles. The Morgan fingerprint density at radius 1 is 1.46 bits per heavy atom. The summed E-state index contributed by atoms with van der Waals surface area (Å²) in [5.74, 6) is 0.560. The molecule has 66 valence electrons. The topological polar surface area (TPSA) is 48.1 Å². The molecule has 0 fully saturated rings. The molecule has 0 amide bonds. The van der Waals surface area contributed by atoms with Gasteiger partial charge >= 0.3 is 0 Å². The summed E-state index contributed by atoms with van der Waals surface area (Å²) < 4.78 is 18.8. The number of pyridine rings is 1. The van der Waals surface area contributed by atoms with Gasteiger partial charge in [0, 0.05) is 11.5 Å². The predicted molar refractivity (Wildman–Crippen MR) is 52.7 cm³/mol. The lowest BCUT2D eigenvalue weighted by Gasteiger charge is -2.03. The molecule has 1 aromatic heterocycles. The van der Waals surface area contributed by atoms with E-state index in [1.165, 1.54) is 0 Å². The van der Waals surface area contributed by atoms with Crippen LogP contribution in [0.2, 0.25) is 0 Å². The van der Waals surface area contributed by atoms with Gasteiger partial charge in [0.1, 0.15) is 5.82 Å². The van der Waals surface area contributed by atoms with E-state index in [2.05, 4.69) is 4.98 Å². The lowest BCUT2D eigenvalue weighted by molar-refractivity contribution is 0.399. The summed E-state index contributed by atoms with van der Waals surface area (Å²) in [4.78, 5) is 3.96. The molecule has 2 N–H and O–H groups in total. The van der Waals surface area contributed by atoms with Crippen molar-refractivity contribution in [3.63, 3.8) is 0 Å². The Bertz CT molecular complexity index is 488. The maximum atomic E-state index is 6.96. The van der Waals surface area contributed by atoms with Crippen LogP contribution in [0.5, 0.6) is 5.88 Å². The third-order valence-electron chi connectivity index (χ3n) is 1.87. The van der Waals surface area contributed by atoms with E-state index in [-0.39, 0.29) is 5.88 Å². The first-order valence-corrected chi connectivity index (χ1v) is 3.83. The molecule has 0 aliphatic heterocycles. The first-order chi connectivity index (χ1) is 7.16. The van der Waals surface area contributed by atoms with Gasteiger partial charge in [-0.25, -0.2) is 0 Å². The molecule has 0 radical (unpaired) electrons. The number of ether oxygens (including phenoxy) is 1. The van der Waals surface area contributed by atoms with E-state index in [1.54, 1.807) is 6.07 Å². The number of anilines is 1. The molecule has 0 saturated heterocycles. The number of fused-ring (bicyclic) bond motifs is 1. The number of hydrogen-bond acceptors (Lipinski definition) is 3. The minimum absolute atomic E-state index is 0.209. The van der Waals surface area contributed by atoms with Gasteiger partial charge in [-0.05, 0) is 5.39 Å². The van der Waals surface area contributed by atoms with Crippen LogP contribution in [0.25, 0.3) is 10.8 Å². The molecule has 2 rings (SSSR count). The Morgan fingerprint density at radius 3 is 3.15 bits per heavy atom. The van der Waals surface area contributed by atoms with Crippen molar-refractivity contribution in [2.45, 2.75) is 0 Å². The van der Waals surface area contributed by atoms with Gasteiger partial charge in [-0.15, -0.1) is 0 Å². The van der Waals surface area contributed by atoms with Crippen molar-refractivity contribution in [1.82, 2.24) is 4.98 Å². The number of nitrogen functional groups attached to an aromatic ring is 1. The molecule has 0 unspecified atom stereocenters. The summed E-state index contributed by atoms with van der Waals surface area (Å²) in [5, 5.41) is 1.73. The van der Waals surface area contributed by atoms with Gasteiger partial charge in [0.15, 0.2) is 0 Å². The monoisotopic (exact) mass is 176 g/mol. The lowest BCUT2D eigenvalue weighted by Crippen LogP contribution is -1.94. The molecule has 0 atom stereocenters. The fraction of sp³-hybridized carbons (Fsp3) is 0.100. The van der Waals surface area contributed by atoms with Crippen LogP contribution >= 0.6 is 0 Å². The fourth-order valence-corrected chi connectivity index (χ4v) is 1.26. The summed E-state index contributed by atoms with van der Waals surface area (Å²) in [5.41, 5.74) is 5.72. The lowest BCUT2D eigenvalue weighted by atomic mass is 10.1. The molecular formula is C10H10N2O. The summed E-state index contributed by atoms with van der Waals surface area (Å²) in [7, 11) is -1.39. The van der Waals surface area contributed by atoms with Crippen LogP contribution in [-0.2, 0) is 0 Å². The third-order valence-corrected chi connectivity index (χ3v) is 1.87. The van der Waals surface area contributed by atoms with E-state index in [4.69, 9.17) is 13.2 Å². The zero-order chi connectivity index (χ0) is 10.8. The normalized spacial score (nSPS) is 12.7. The predicted octanol–water partition coefficient (Wildman–Crippen LogP) is 1.83. The van der Waals surface area contributed by atoms with Crippen LogP contribution in [0.1, 0.15) is 2.74 Å². The molecule has 2 aromatic rings. The van der Waals surface area contributed by atoms with E-state index < -0.39 is 7.06 Å². The Morgan fingerprint density at radius 2 is 2.31 bits per heavy atom. The number of aromatic nitrogens is 1. The molecule has 0 spiro atoms. The van der Waals surface area contributed by atoms with Gasteiger partial charge in [-0.1, -0.05) is 24.3 Å². The summed E-state index contributed by atoms with van der Waals surface area (Å²) >= 11 is 0. The minimum Gasteiger partial charge on any atom is -0.481 e. The highest BCUT2D eigenvalue weighted by Crippen LogP contribution is 2.22. The van der Waals surface area contributed by atoms with Crippen LogP contribution < -0.4 is 10.5 Å². The number of nitrogens with two attached hydrogens (primary N) is 1. The van der Waals surface area contributed by atoms with Crippen molar-refractivity contribution in [2.75, 3.05) is 12.8 Å². The standard InChI is InChI=1S/C10H10N2O/c1-13-9-6-7-4-2-3-5-8(7)10(11)12-9/h2-6H,1H3,(H2,11,12)/i1D2. The average Bonchev–Trinajstić information content (AvgIpc) is 2.16. The average molecular weight is 176 g/mol. The second-order valence-electron chi connectivity index (χ2n) is 2.68. The highest BCUT2D eigenvalue weighted by molar-refractivity contribution is 5.91. The summed E-state index contributed by atoms with van der Waals surface area (Å²) in [6.07, 6.45) is 0. The molecular weight excluding hydrogens is 164 g/mol. The second-order valence-corrected chi connectivity index (χ2v) is 2.68. The van der Waals surface area contributed by atoms with Gasteiger partial charge < -0.3 is 10.5 Å². The number of benzene rings is 1. The Labute approximate surface area is 79.0 Å². The number of methoxy groups -OCH3 is 1. The first kappa shape index (κ1) is 5.80. The van der Waals surface area contributed by atoms with Crippen molar-refractivity contribution in [3.05, 3.63) is 30.3 Å². The van der Waals surface area contributed by atoms with Crippen LogP contribution in [-0.4, -0.2) is 12.0 Å². The number of nitrogens with zero attached hydrogens (tertiary/aromatic N) is 1. The van der Waals surface area contributed by atoms with Gasteiger partial charge in [0.2, 0.25) is 5.88 Å². The largest absolute Gasteiger partial charge is 0.481 e.